The van der Waals surface area contributed by atoms with Gasteiger partial charge in [-0.1, -0.05) is 81.6 Å². The summed E-state index contributed by atoms with van der Waals surface area (Å²) in [5.41, 5.74) is 8.53. The lowest BCUT2D eigenvalue weighted by Gasteiger charge is -2.42. The first kappa shape index (κ1) is 19.7. The number of nitrogens with zero attached hydrogens (tertiary/aromatic N) is 1. The maximum absolute atomic E-state index is 11.0. The van der Waals surface area contributed by atoms with Crippen molar-refractivity contribution in [2.75, 3.05) is 4.90 Å². The van der Waals surface area contributed by atoms with Crippen molar-refractivity contribution >= 4 is 17.7 Å². The monoisotopic (exact) mass is 391 g/mol. The highest BCUT2D eigenvalue weighted by molar-refractivity contribution is 5.84. The second-order valence-corrected chi connectivity index (χ2v) is 7.98. The van der Waals surface area contributed by atoms with Gasteiger partial charge in [-0.25, -0.2) is 0 Å². The van der Waals surface area contributed by atoms with Crippen LogP contribution in [0, 0.1) is 0 Å². The summed E-state index contributed by atoms with van der Waals surface area (Å²) in [6, 6.07) is 22.8. The summed E-state index contributed by atoms with van der Waals surface area (Å²) >= 11 is 0. The highest BCUT2D eigenvalue weighted by Gasteiger charge is 2.36. The van der Waals surface area contributed by atoms with Crippen molar-refractivity contribution in [3.05, 3.63) is 121 Å². The van der Waals surface area contributed by atoms with E-state index in [0.29, 0.717) is 5.56 Å². The maximum Gasteiger partial charge on any atom is 0.150 e. The SMILES string of the molecule is C=C/C=C(\C=C)N1c2ccccc2C(C)(C)c2cc(-c3ccc(C=O)cc3)ccc21. The summed E-state index contributed by atoms with van der Waals surface area (Å²) in [6.45, 7) is 12.4. The third-order valence-electron chi connectivity index (χ3n) is 5.87. The largest absolute Gasteiger partial charge is 0.310 e. The molecule has 0 bridgehead atoms. The van der Waals surface area contributed by atoms with Crippen LogP contribution in [-0.2, 0) is 5.41 Å². The van der Waals surface area contributed by atoms with Crippen LogP contribution in [0.5, 0.6) is 0 Å². The third kappa shape index (κ3) is 3.11. The van der Waals surface area contributed by atoms with E-state index in [9.17, 15) is 4.79 Å². The minimum atomic E-state index is -0.165. The lowest BCUT2D eigenvalue weighted by Crippen LogP contribution is -2.32. The average Bonchev–Trinajstić information content (AvgIpc) is 2.78. The van der Waals surface area contributed by atoms with Crippen LogP contribution < -0.4 is 4.90 Å². The van der Waals surface area contributed by atoms with Gasteiger partial charge in [-0.2, -0.15) is 0 Å². The van der Waals surface area contributed by atoms with Crippen molar-refractivity contribution < 1.29 is 4.79 Å². The van der Waals surface area contributed by atoms with Gasteiger partial charge >= 0.3 is 0 Å². The van der Waals surface area contributed by atoms with Gasteiger partial charge in [0.2, 0.25) is 0 Å². The quantitative estimate of drug-likeness (QED) is 0.338. The number of rotatable bonds is 5. The Kier molecular flexibility index (Phi) is 5.01. The minimum absolute atomic E-state index is 0.165. The first-order valence-electron chi connectivity index (χ1n) is 10.1. The zero-order chi connectivity index (χ0) is 21.3. The van der Waals surface area contributed by atoms with Crippen LogP contribution >= 0.6 is 0 Å². The lowest BCUT2D eigenvalue weighted by molar-refractivity contribution is 0.112. The topological polar surface area (TPSA) is 20.3 Å². The zero-order valence-corrected chi connectivity index (χ0v) is 17.4. The van der Waals surface area contributed by atoms with Gasteiger partial charge in [0, 0.05) is 16.7 Å². The van der Waals surface area contributed by atoms with E-state index in [2.05, 4.69) is 74.4 Å². The molecule has 0 saturated heterocycles. The number of fused-ring (bicyclic) bond motifs is 2. The van der Waals surface area contributed by atoms with Crippen LogP contribution in [0.4, 0.5) is 11.4 Å². The van der Waals surface area contributed by atoms with E-state index in [1.54, 1.807) is 6.08 Å². The molecule has 3 aromatic carbocycles. The predicted octanol–water partition coefficient (Wildman–Crippen LogP) is 7.20. The number of anilines is 2. The van der Waals surface area contributed by atoms with Gasteiger partial charge < -0.3 is 4.90 Å². The second-order valence-electron chi connectivity index (χ2n) is 7.98. The van der Waals surface area contributed by atoms with Gasteiger partial charge in [-0.3, -0.25) is 4.79 Å². The highest BCUT2D eigenvalue weighted by atomic mass is 16.1. The molecule has 0 radical (unpaired) electrons. The fraction of sp³-hybridized carbons (Fsp3) is 0.107. The van der Waals surface area contributed by atoms with Crippen molar-refractivity contribution in [1.82, 2.24) is 0 Å². The van der Waals surface area contributed by atoms with E-state index in [-0.39, 0.29) is 5.41 Å². The summed E-state index contributed by atoms with van der Waals surface area (Å²) in [5.74, 6) is 0. The lowest BCUT2D eigenvalue weighted by atomic mass is 9.73. The number of carbonyl (C=O) groups excluding carboxylic acids is 1. The molecule has 1 heterocycles. The van der Waals surface area contributed by atoms with E-state index < -0.39 is 0 Å². The Morgan fingerprint density at radius 3 is 2.20 bits per heavy atom. The summed E-state index contributed by atoms with van der Waals surface area (Å²) in [4.78, 5) is 13.3. The smallest absolute Gasteiger partial charge is 0.150 e. The molecule has 1 aliphatic heterocycles. The molecule has 1 aliphatic rings. The van der Waals surface area contributed by atoms with Crippen LogP contribution in [0.1, 0.15) is 35.3 Å². The van der Waals surface area contributed by atoms with Crippen LogP contribution in [0.25, 0.3) is 11.1 Å². The molecule has 4 rings (SSSR count). The first-order chi connectivity index (χ1) is 14.5. The molecule has 0 unspecified atom stereocenters. The molecule has 148 valence electrons. The van der Waals surface area contributed by atoms with Gasteiger partial charge in [0.1, 0.15) is 6.29 Å². The second kappa shape index (κ2) is 7.64. The number of benzene rings is 3. The van der Waals surface area contributed by atoms with Gasteiger partial charge in [0.05, 0.1) is 11.4 Å². The van der Waals surface area contributed by atoms with E-state index in [1.165, 1.54) is 11.1 Å². The number of carbonyl (C=O) groups is 1. The predicted molar refractivity (Wildman–Crippen MR) is 126 cm³/mol. The Morgan fingerprint density at radius 2 is 1.53 bits per heavy atom. The molecule has 2 nitrogen and oxygen atoms in total. The number of hydrogen-bond acceptors (Lipinski definition) is 2. The molecule has 0 aromatic heterocycles. The third-order valence-corrected chi connectivity index (χ3v) is 5.87. The number of hydrogen-bond donors (Lipinski definition) is 0. The van der Waals surface area contributed by atoms with E-state index in [0.717, 1.165) is 34.5 Å². The molecule has 0 aliphatic carbocycles. The van der Waals surface area contributed by atoms with Gasteiger partial charge in [0.15, 0.2) is 0 Å². The summed E-state index contributed by atoms with van der Waals surface area (Å²) in [5, 5.41) is 0. The van der Waals surface area contributed by atoms with E-state index >= 15 is 0 Å². The van der Waals surface area contributed by atoms with E-state index in [1.807, 2.05) is 36.4 Å². The van der Waals surface area contributed by atoms with Crippen molar-refractivity contribution in [3.63, 3.8) is 0 Å². The first-order valence-corrected chi connectivity index (χ1v) is 10.1. The molecule has 30 heavy (non-hydrogen) atoms. The zero-order valence-electron chi connectivity index (χ0n) is 17.4. The molecule has 0 saturated carbocycles. The van der Waals surface area contributed by atoms with Crippen molar-refractivity contribution in [2.24, 2.45) is 0 Å². The molecule has 0 atom stereocenters. The molecule has 0 spiro atoms. The van der Waals surface area contributed by atoms with E-state index in [4.69, 9.17) is 0 Å². The van der Waals surface area contributed by atoms with Crippen LogP contribution in [-0.4, -0.2) is 6.29 Å². The van der Waals surface area contributed by atoms with Gasteiger partial charge in [-0.05, 0) is 52.6 Å². The van der Waals surface area contributed by atoms with Crippen molar-refractivity contribution in [1.29, 1.82) is 0 Å². The standard InChI is InChI=1S/C28H25NO/c1-5-9-23(6-2)29-26-11-8-7-10-24(26)28(3,4)25-18-22(16-17-27(25)29)21-14-12-20(19-30)13-15-21/h5-19H,1-2H2,3-4H3/b23-9+. The average molecular weight is 392 g/mol. The molecule has 3 aromatic rings. The minimum Gasteiger partial charge on any atom is -0.310 e. The van der Waals surface area contributed by atoms with Crippen molar-refractivity contribution in [2.45, 2.75) is 19.3 Å². The number of para-hydroxylation sites is 1. The number of aldehydes is 1. The fourth-order valence-corrected chi connectivity index (χ4v) is 4.27. The Balaban J connectivity index is 1.95. The highest BCUT2D eigenvalue weighted by Crippen LogP contribution is 2.51. The van der Waals surface area contributed by atoms with Crippen molar-refractivity contribution in [3.8, 4) is 11.1 Å². The Bertz CT molecular complexity index is 1170. The maximum atomic E-state index is 11.0. The van der Waals surface area contributed by atoms with Gasteiger partial charge in [-0.15, -0.1) is 0 Å². The summed E-state index contributed by atoms with van der Waals surface area (Å²) < 4.78 is 0. The molecule has 0 amide bonds. The van der Waals surface area contributed by atoms with Crippen LogP contribution in [0.15, 0.2) is 104 Å². The number of allylic oxidation sites excluding steroid dienone is 3. The normalized spacial score (nSPS) is 14.5. The summed E-state index contributed by atoms with van der Waals surface area (Å²) in [6.07, 6.45) is 6.52. The Hall–Kier alpha value is -3.65. The Morgan fingerprint density at radius 1 is 0.867 bits per heavy atom. The summed E-state index contributed by atoms with van der Waals surface area (Å²) in [7, 11) is 0. The van der Waals surface area contributed by atoms with Gasteiger partial charge in [0.25, 0.3) is 0 Å². The fourth-order valence-electron chi connectivity index (χ4n) is 4.27. The molecular formula is C28H25NO. The molecule has 0 fully saturated rings. The molecule has 0 N–H and O–H groups in total. The Labute approximate surface area is 178 Å². The van der Waals surface area contributed by atoms with Crippen LogP contribution in [0.2, 0.25) is 0 Å². The van der Waals surface area contributed by atoms with Crippen LogP contribution in [0.3, 0.4) is 0 Å². The molecular weight excluding hydrogens is 366 g/mol. The molecule has 2 heteroatoms.